The summed E-state index contributed by atoms with van der Waals surface area (Å²) in [5.74, 6) is -0.703. The number of rotatable bonds is 3. The zero-order valence-corrected chi connectivity index (χ0v) is 9.75. The molecule has 0 radical (unpaired) electrons. The highest BCUT2D eigenvalue weighted by molar-refractivity contribution is 6.06. The molecule has 2 rings (SSSR count). The molecule has 2 N–H and O–H groups in total. The lowest BCUT2D eigenvalue weighted by molar-refractivity contribution is 0.102. The number of hydrogen-bond acceptors (Lipinski definition) is 4. The molecular weight excluding hydrogens is 232 g/mol. The summed E-state index contributed by atoms with van der Waals surface area (Å²) in [5, 5.41) is 19.4. The Labute approximate surface area is 104 Å². The number of carbonyl (C=O) groups is 1. The van der Waals surface area contributed by atoms with E-state index in [0.29, 0.717) is 0 Å². The highest BCUT2D eigenvalue weighted by Crippen LogP contribution is 2.24. The summed E-state index contributed by atoms with van der Waals surface area (Å²) in [7, 11) is 0. The fourth-order valence-corrected chi connectivity index (χ4v) is 1.55. The van der Waals surface area contributed by atoms with Crippen molar-refractivity contribution in [3.05, 3.63) is 59.6 Å². The van der Waals surface area contributed by atoms with Gasteiger partial charge in [0.25, 0.3) is 0 Å². The molecule has 0 aliphatic rings. The van der Waals surface area contributed by atoms with Crippen LogP contribution in [0.3, 0.4) is 0 Å². The first kappa shape index (κ1) is 12.0. The first-order chi connectivity index (χ1) is 8.58. The van der Waals surface area contributed by atoms with Crippen LogP contribution in [0, 0.1) is 6.92 Å². The van der Waals surface area contributed by atoms with Gasteiger partial charge in [0, 0.05) is 6.08 Å². The van der Waals surface area contributed by atoms with Gasteiger partial charge in [-0.3, -0.25) is 4.79 Å². The number of phenolic OH excluding ortho intramolecular Hbond substituents is 1. The lowest BCUT2D eigenvalue weighted by Crippen LogP contribution is -1.95. The highest BCUT2D eigenvalue weighted by Gasteiger charge is 2.11. The quantitative estimate of drug-likeness (QED) is 0.494. The molecule has 0 fully saturated rings. The van der Waals surface area contributed by atoms with Crippen LogP contribution in [0.2, 0.25) is 0 Å². The lowest BCUT2D eigenvalue weighted by Gasteiger charge is -2.04. The van der Waals surface area contributed by atoms with Crippen LogP contribution in [0.5, 0.6) is 5.75 Å². The third kappa shape index (κ3) is 2.43. The molecule has 0 atom stereocenters. The van der Waals surface area contributed by atoms with E-state index in [0.717, 1.165) is 11.6 Å². The van der Waals surface area contributed by atoms with E-state index in [4.69, 9.17) is 4.42 Å². The van der Waals surface area contributed by atoms with Crippen LogP contribution < -0.4 is 0 Å². The predicted octanol–water partition coefficient (Wildman–Crippen LogP) is 3.08. The van der Waals surface area contributed by atoms with E-state index in [-0.39, 0.29) is 22.8 Å². The van der Waals surface area contributed by atoms with Gasteiger partial charge in [0.1, 0.15) is 11.5 Å². The van der Waals surface area contributed by atoms with Crippen LogP contribution in [0.4, 0.5) is 0 Å². The van der Waals surface area contributed by atoms with Gasteiger partial charge in [0.15, 0.2) is 5.76 Å². The fraction of sp³-hybridized carbons (Fsp3) is 0.0714. The minimum atomic E-state index is -0.460. The molecule has 1 aromatic carbocycles. The van der Waals surface area contributed by atoms with Gasteiger partial charge in [-0.05, 0) is 31.2 Å². The summed E-state index contributed by atoms with van der Waals surface area (Å²) in [5.41, 5.74) is 1.09. The molecule has 1 heterocycles. The smallest absolute Gasteiger partial charge is 0.224 e. The van der Waals surface area contributed by atoms with Gasteiger partial charge in [-0.1, -0.05) is 11.6 Å². The first-order valence-electron chi connectivity index (χ1n) is 5.36. The van der Waals surface area contributed by atoms with E-state index < -0.39 is 5.78 Å². The Balaban J connectivity index is 2.33. The number of hydrogen-bond donors (Lipinski definition) is 2. The second-order valence-electron chi connectivity index (χ2n) is 3.89. The number of aliphatic hydroxyl groups is 1. The molecule has 4 nitrogen and oxygen atoms in total. The van der Waals surface area contributed by atoms with Crippen molar-refractivity contribution < 1.29 is 19.4 Å². The van der Waals surface area contributed by atoms with E-state index in [9.17, 15) is 15.0 Å². The van der Waals surface area contributed by atoms with Crippen molar-refractivity contribution in [2.75, 3.05) is 0 Å². The van der Waals surface area contributed by atoms with Gasteiger partial charge in [0.2, 0.25) is 5.78 Å². The molecule has 18 heavy (non-hydrogen) atoms. The van der Waals surface area contributed by atoms with Crippen LogP contribution in [0.25, 0.3) is 5.76 Å². The Bertz CT molecular complexity index is 594. The van der Waals surface area contributed by atoms with Crippen molar-refractivity contribution in [1.29, 1.82) is 0 Å². The van der Waals surface area contributed by atoms with E-state index in [1.54, 1.807) is 18.2 Å². The van der Waals surface area contributed by atoms with Gasteiger partial charge in [0.05, 0.1) is 11.8 Å². The van der Waals surface area contributed by atoms with E-state index in [1.165, 1.54) is 18.4 Å². The average Bonchev–Trinajstić information content (AvgIpc) is 2.85. The Kier molecular flexibility index (Phi) is 3.19. The van der Waals surface area contributed by atoms with Crippen molar-refractivity contribution in [2.45, 2.75) is 6.92 Å². The zero-order chi connectivity index (χ0) is 13.1. The molecule has 0 unspecified atom stereocenters. The van der Waals surface area contributed by atoms with E-state index in [1.807, 2.05) is 6.92 Å². The number of aliphatic hydroxyl groups excluding tert-OH is 1. The summed E-state index contributed by atoms with van der Waals surface area (Å²) in [6.07, 6.45) is 2.40. The SMILES string of the molecule is Cc1ccc(O)c(/C(O)=C/C(=O)c2ccco2)c1. The minimum Gasteiger partial charge on any atom is -0.507 e. The number of phenols is 1. The fourth-order valence-electron chi connectivity index (χ4n) is 1.55. The molecule has 92 valence electrons. The van der Waals surface area contributed by atoms with Crippen LogP contribution in [0.1, 0.15) is 21.7 Å². The second-order valence-corrected chi connectivity index (χ2v) is 3.89. The maximum absolute atomic E-state index is 11.7. The number of aryl methyl sites for hydroxylation is 1. The first-order valence-corrected chi connectivity index (χ1v) is 5.36. The standard InChI is InChI=1S/C14H12O4/c1-9-4-5-11(15)10(7-9)12(16)8-13(17)14-3-2-6-18-14/h2-8,15-16H,1H3/b12-8-. The van der Waals surface area contributed by atoms with Crippen LogP contribution in [0.15, 0.2) is 47.1 Å². The van der Waals surface area contributed by atoms with Crippen molar-refractivity contribution in [3.8, 4) is 5.75 Å². The molecule has 0 aliphatic carbocycles. The molecule has 0 amide bonds. The maximum atomic E-state index is 11.7. The average molecular weight is 244 g/mol. The summed E-state index contributed by atoms with van der Waals surface area (Å²) < 4.78 is 4.92. The van der Waals surface area contributed by atoms with Gasteiger partial charge < -0.3 is 14.6 Å². The van der Waals surface area contributed by atoms with Crippen molar-refractivity contribution in [2.24, 2.45) is 0 Å². The number of ketones is 1. The highest BCUT2D eigenvalue weighted by atomic mass is 16.3. The molecule has 0 bridgehead atoms. The van der Waals surface area contributed by atoms with E-state index in [2.05, 4.69) is 0 Å². The molecule has 1 aromatic heterocycles. The van der Waals surface area contributed by atoms with Crippen LogP contribution in [-0.2, 0) is 0 Å². The maximum Gasteiger partial charge on any atom is 0.224 e. The lowest BCUT2D eigenvalue weighted by atomic mass is 10.1. The third-order valence-electron chi connectivity index (χ3n) is 2.46. The van der Waals surface area contributed by atoms with E-state index >= 15 is 0 Å². The minimum absolute atomic E-state index is 0.0819. The predicted molar refractivity (Wildman–Crippen MR) is 66.5 cm³/mol. The second kappa shape index (κ2) is 4.79. The molecule has 0 saturated heterocycles. The Hall–Kier alpha value is -2.49. The molecular formula is C14H12O4. The van der Waals surface area contributed by atoms with Crippen molar-refractivity contribution in [1.82, 2.24) is 0 Å². The summed E-state index contributed by atoms with van der Waals surface area (Å²) in [6.45, 7) is 1.82. The third-order valence-corrected chi connectivity index (χ3v) is 2.46. The normalized spacial score (nSPS) is 11.5. The monoisotopic (exact) mass is 244 g/mol. The van der Waals surface area contributed by atoms with Gasteiger partial charge in [-0.2, -0.15) is 0 Å². The molecule has 0 spiro atoms. The van der Waals surface area contributed by atoms with Gasteiger partial charge >= 0.3 is 0 Å². The van der Waals surface area contributed by atoms with Crippen LogP contribution in [-0.4, -0.2) is 16.0 Å². The number of furan rings is 1. The molecule has 0 aliphatic heterocycles. The van der Waals surface area contributed by atoms with Gasteiger partial charge in [-0.25, -0.2) is 0 Å². The Morgan fingerprint density at radius 3 is 2.78 bits per heavy atom. The van der Waals surface area contributed by atoms with Crippen LogP contribution >= 0.6 is 0 Å². The Morgan fingerprint density at radius 2 is 2.11 bits per heavy atom. The van der Waals surface area contributed by atoms with Crippen molar-refractivity contribution in [3.63, 3.8) is 0 Å². The molecule has 4 heteroatoms. The van der Waals surface area contributed by atoms with Gasteiger partial charge in [-0.15, -0.1) is 0 Å². The summed E-state index contributed by atoms with van der Waals surface area (Å²) in [6, 6.07) is 7.85. The van der Waals surface area contributed by atoms with Crippen molar-refractivity contribution >= 4 is 11.5 Å². The Morgan fingerprint density at radius 1 is 1.33 bits per heavy atom. The summed E-state index contributed by atoms with van der Waals surface area (Å²) >= 11 is 0. The number of aromatic hydroxyl groups is 1. The topological polar surface area (TPSA) is 70.7 Å². The number of allylic oxidation sites excluding steroid dienone is 1. The zero-order valence-electron chi connectivity index (χ0n) is 9.75. The largest absolute Gasteiger partial charge is 0.507 e. The molecule has 2 aromatic rings. The molecule has 0 saturated carbocycles. The number of carbonyl (C=O) groups excluding carboxylic acids is 1. The number of benzene rings is 1. The summed E-state index contributed by atoms with van der Waals surface area (Å²) in [4.78, 5) is 11.7.